The minimum atomic E-state index is -0.483. The molecule has 0 unspecified atom stereocenters. The number of aromatic nitrogens is 2. The standard InChI is InChI=1S/C17H22N4O4S/c22-12(18-16-20-19-14(26-16)11-4-3-9-25-11)5-8-21-13(23)10-17(15(21)24)6-1-2-7-17/h11H,1-10H2,(H,18,20,22)/t11-/m1/s1. The molecule has 1 atom stereocenters. The molecule has 4 rings (SSSR count). The van der Waals surface area contributed by atoms with Crippen molar-refractivity contribution >= 4 is 34.2 Å². The normalized spacial score (nSPS) is 24.8. The largest absolute Gasteiger partial charge is 0.371 e. The third kappa shape index (κ3) is 3.25. The van der Waals surface area contributed by atoms with E-state index >= 15 is 0 Å². The highest BCUT2D eigenvalue weighted by molar-refractivity contribution is 7.15. The molecule has 2 aliphatic heterocycles. The summed E-state index contributed by atoms with van der Waals surface area (Å²) in [7, 11) is 0. The van der Waals surface area contributed by atoms with Crippen LogP contribution in [0.1, 0.15) is 62.5 Å². The van der Waals surface area contributed by atoms with Gasteiger partial charge in [0.2, 0.25) is 22.9 Å². The molecule has 0 bridgehead atoms. The average molecular weight is 378 g/mol. The van der Waals surface area contributed by atoms with E-state index in [1.54, 1.807) is 0 Å². The van der Waals surface area contributed by atoms with Crippen LogP contribution in [0.5, 0.6) is 0 Å². The third-order valence-corrected chi connectivity index (χ3v) is 6.44. The van der Waals surface area contributed by atoms with Gasteiger partial charge in [0.1, 0.15) is 11.1 Å². The summed E-state index contributed by atoms with van der Waals surface area (Å²) in [6.07, 6.45) is 5.84. The summed E-state index contributed by atoms with van der Waals surface area (Å²) in [5.74, 6) is -0.515. The number of imide groups is 1. The average Bonchev–Trinajstić information content (AvgIpc) is 3.38. The Kier molecular flexibility index (Phi) is 4.74. The van der Waals surface area contributed by atoms with Crippen LogP contribution >= 0.6 is 11.3 Å². The second kappa shape index (κ2) is 7.03. The molecule has 2 saturated heterocycles. The van der Waals surface area contributed by atoms with Crippen molar-refractivity contribution in [3.8, 4) is 0 Å². The minimum Gasteiger partial charge on any atom is -0.371 e. The first kappa shape index (κ1) is 17.5. The highest BCUT2D eigenvalue weighted by atomic mass is 32.1. The Labute approximate surface area is 155 Å². The van der Waals surface area contributed by atoms with Crippen LogP contribution in [-0.4, -0.2) is 46.0 Å². The molecule has 3 heterocycles. The number of rotatable bonds is 5. The van der Waals surface area contributed by atoms with Gasteiger partial charge in [0, 0.05) is 26.0 Å². The molecule has 3 amide bonds. The van der Waals surface area contributed by atoms with E-state index in [1.807, 2.05) is 0 Å². The predicted molar refractivity (Wildman–Crippen MR) is 93.3 cm³/mol. The fraction of sp³-hybridized carbons (Fsp3) is 0.706. The Morgan fingerprint density at radius 1 is 1.27 bits per heavy atom. The molecular weight excluding hydrogens is 356 g/mol. The molecule has 1 aliphatic carbocycles. The van der Waals surface area contributed by atoms with Gasteiger partial charge in [-0.2, -0.15) is 0 Å². The van der Waals surface area contributed by atoms with Crippen LogP contribution in [0.15, 0.2) is 0 Å². The molecule has 8 nitrogen and oxygen atoms in total. The van der Waals surface area contributed by atoms with Gasteiger partial charge >= 0.3 is 0 Å². The summed E-state index contributed by atoms with van der Waals surface area (Å²) in [5, 5.41) is 11.9. The van der Waals surface area contributed by atoms with Gasteiger partial charge in [-0.15, -0.1) is 10.2 Å². The second-order valence-corrected chi connectivity index (χ2v) is 8.27. The lowest BCUT2D eigenvalue weighted by molar-refractivity contribution is -0.141. The summed E-state index contributed by atoms with van der Waals surface area (Å²) in [5.41, 5.74) is -0.483. The Morgan fingerprint density at radius 2 is 2.08 bits per heavy atom. The molecule has 26 heavy (non-hydrogen) atoms. The molecule has 0 radical (unpaired) electrons. The monoisotopic (exact) mass is 378 g/mol. The Balaban J connectivity index is 1.30. The van der Waals surface area contributed by atoms with Crippen LogP contribution in [0.2, 0.25) is 0 Å². The molecule has 1 aromatic heterocycles. The molecular formula is C17H22N4O4S. The molecule has 9 heteroatoms. The van der Waals surface area contributed by atoms with E-state index in [9.17, 15) is 14.4 Å². The summed E-state index contributed by atoms with van der Waals surface area (Å²) in [6, 6.07) is 0. The number of amides is 3. The van der Waals surface area contributed by atoms with Crippen LogP contribution in [0.25, 0.3) is 0 Å². The van der Waals surface area contributed by atoms with Crippen LogP contribution in [0, 0.1) is 5.41 Å². The van der Waals surface area contributed by atoms with E-state index < -0.39 is 5.41 Å². The SMILES string of the molecule is O=C(CCN1C(=O)CC2(CCCC2)C1=O)Nc1nnc([C@H]2CCCO2)s1. The van der Waals surface area contributed by atoms with Crippen molar-refractivity contribution in [3.63, 3.8) is 0 Å². The Morgan fingerprint density at radius 3 is 2.81 bits per heavy atom. The smallest absolute Gasteiger partial charge is 0.235 e. The van der Waals surface area contributed by atoms with Crippen molar-refractivity contribution < 1.29 is 19.1 Å². The molecule has 3 aliphatic rings. The first-order valence-electron chi connectivity index (χ1n) is 9.17. The van der Waals surface area contributed by atoms with Gasteiger partial charge in [-0.1, -0.05) is 24.2 Å². The number of hydrogen-bond donors (Lipinski definition) is 1. The van der Waals surface area contributed by atoms with Crippen molar-refractivity contribution in [1.29, 1.82) is 0 Å². The fourth-order valence-electron chi connectivity index (χ4n) is 4.11. The number of hydrogen-bond acceptors (Lipinski definition) is 7. The lowest BCUT2D eigenvalue weighted by Crippen LogP contribution is -2.36. The number of likely N-dealkylation sites (tertiary alicyclic amines) is 1. The first-order chi connectivity index (χ1) is 12.6. The predicted octanol–water partition coefficient (Wildman–Crippen LogP) is 2.04. The molecule has 1 aromatic rings. The topological polar surface area (TPSA) is 101 Å². The number of carbonyl (C=O) groups is 3. The summed E-state index contributed by atoms with van der Waals surface area (Å²) in [6.45, 7) is 0.855. The van der Waals surface area contributed by atoms with Gasteiger partial charge < -0.3 is 10.1 Å². The molecule has 0 aromatic carbocycles. The van der Waals surface area contributed by atoms with Gasteiger partial charge in [-0.25, -0.2) is 0 Å². The highest BCUT2D eigenvalue weighted by Gasteiger charge is 2.52. The van der Waals surface area contributed by atoms with Gasteiger partial charge in [0.15, 0.2) is 0 Å². The zero-order valence-electron chi connectivity index (χ0n) is 14.5. The van der Waals surface area contributed by atoms with Crippen molar-refractivity contribution in [3.05, 3.63) is 5.01 Å². The van der Waals surface area contributed by atoms with Gasteiger partial charge in [0.25, 0.3) is 0 Å². The van der Waals surface area contributed by atoms with Crippen LogP contribution in [-0.2, 0) is 19.1 Å². The first-order valence-corrected chi connectivity index (χ1v) is 9.99. The van der Waals surface area contributed by atoms with Crippen LogP contribution in [0.4, 0.5) is 5.13 Å². The Bertz CT molecular complexity index is 722. The lowest BCUT2D eigenvalue weighted by atomic mass is 9.84. The van der Waals surface area contributed by atoms with Gasteiger partial charge in [-0.3, -0.25) is 19.3 Å². The maximum absolute atomic E-state index is 12.6. The quantitative estimate of drug-likeness (QED) is 0.787. The zero-order valence-corrected chi connectivity index (χ0v) is 15.3. The highest BCUT2D eigenvalue weighted by Crippen LogP contribution is 2.46. The summed E-state index contributed by atoms with van der Waals surface area (Å²) < 4.78 is 5.56. The molecule has 1 saturated carbocycles. The fourth-order valence-corrected chi connectivity index (χ4v) is 4.96. The lowest BCUT2D eigenvalue weighted by Gasteiger charge is -2.20. The number of ether oxygens (including phenoxy) is 1. The van der Waals surface area contributed by atoms with Crippen molar-refractivity contribution in [2.45, 2.75) is 57.5 Å². The van der Waals surface area contributed by atoms with Crippen molar-refractivity contribution in [2.24, 2.45) is 5.41 Å². The molecule has 3 fully saturated rings. The number of carbonyl (C=O) groups excluding carboxylic acids is 3. The van der Waals surface area contributed by atoms with E-state index in [-0.39, 0.29) is 36.8 Å². The maximum atomic E-state index is 12.6. The van der Waals surface area contributed by atoms with Gasteiger partial charge in [-0.05, 0) is 25.7 Å². The van der Waals surface area contributed by atoms with E-state index in [0.29, 0.717) is 11.6 Å². The van der Waals surface area contributed by atoms with E-state index in [1.165, 1.54) is 16.2 Å². The van der Waals surface area contributed by atoms with Crippen molar-refractivity contribution in [2.75, 3.05) is 18.5 Å². The Hall–Kier alpha value is -1.87. The molecule has 1 N–H and O–H groups in total. The number of nitrogens with zero attached hydrogens (tertiary/aromatic N) is 3. The number of nitrogens with one attached hydrogen (secondary N) is 1. The van der Waals surface area contributed by atoms with E-state index in [2.05, 4.69) is 15.5 Å². The van der Waals surface area contributed by atoms with Gasteiger partial charge in [0.05, 0.1) is 5.41 Å². The number of anilines is 1. The molecule has 1 spiro atoms. The maximum Gasteiger partial charge on any atom is 0.235 e. The summed E-state index contributed by atoms with van der Waals surface area (Å²) in [4.78, 5) is 38.2. The zero-order chi connectivity index (χ0) is 18.1. The third-order valence-electron chi connectivity index (χ3n) is 5.50. The summed E-state index contributed by atoms with van der Waals surface area (Å²) >= 11 is 1.31. The van der Waals surface area contributed by atoms with E-state index in [4.69, 9.17) is 4.74 Å². The van der Waals surface area contributed by atoms with E-state index in [0.717, 1.165) is 50.1 Å². The minimum absolute atomic E-state index is 0.0272. The second-order valence-electron chi connectivity index (χ2n) is 7.26. The van der Waals surface area contributed by atoms with Crippen LogP contribution in [0.3, 0.4) is 0 Å². The van der Waals surface area contributed by atoms with Crippen LogP contribution < -0.4 is 5.32 Å². The van der Waals surface area contributed by atoms with Crippen molar-refractivity contribution in [1.82, 2.24) is 15.1 Å². The molecule has 140 valence electrons.